The summed E-state index contributed by atoms with van der Waals surface area (Å²) in [4.78, 5) is 23.9. The topological polar surface area (TPSA) is 95.4 Å². The van der Waals surface area contributed by atoms with Crippen LogP contribution in [0.25, 0.3) is 11.3 Å². The molecule has 0 amide bonds. The van der Waals surface area contributed by atoms with Crippen LogP contribution in [-0.4, -0.2) is 40.6 Å². The van der Waals surface area contributed by atoms with E-state index in [1.54, 1.807) is 17.0 Å². The Labute approximate surface area is 142 Å². The molecule has 0 aromatic heterocycles. The summed E-state index contributed by atoms with van der Waals surface area (Å²) < 4.78 is 18.1. The number of aromatic nitrogens is 3. The van der Waals surface area contributed by atoms with Crippen LogP contribution in [-0.2, 0) is 11.3 Å². The molecule has 1 aromatic carbocycles. The maximum atomic E-state index is 12.0. The summed E-state index contributed by atoms with van der Waals surface area (Å²) in [6.45, 7) is 0.768. The number of aromatic amines is 1. The molecule has 128 valence electrons. The number of para-hydroxylation sites is 2. The Hall–Kier alpha value is -3.29. The van der Waals surface area contributed by atoms with Crippen LogP contribution >= 0.6 is 0 Å². The lowest BCUT2D eigenvalue weighted by atomic mass is 10.1. The van der Waals surface area contributed by atoms with E-state index in [0.717, 1.165) is 0 Å². The first kappa shape index (κ1) is 15.3. The number of fused-ring (bicyclic) bond motifs is 2. The SMILES string of the molecule is COC(=O)c1cn(C[C@@H]2COc3ccccc3O2)cc2c(=O)[nH]nc1-2. The molecule has 1 N–H and O–H groups in total. The van der Waals surface area contributed by atoms with Crippen molar-refractivity contribution in [2.24, 2.45) is 0 Å². The molecule has 0 bridgehead atoms. The van der Waals surface area contributed by atoms with Gasteiger partial charge in [0.15, 0.2) is 17.6 Å². The van der Waals surface area contributed by atoms with E-state index in [-0.39, 0.29) is 17.2 Å². The Morgan fingerprint density at radius 1 is 1.36 bits per heavy atom. The maximum absolute atomic E-state index is 12.0. The molecule has 3 aliphatic heterocycles. The fraction of sp³-hybridized carbons (Fsp3) is 0.235. The summed E-state index contributed by atoms with van der Waals surface area (Å²) in [5.41, 5.74) is 0.468. The number of H-pyrrole nitrogens is 1. The van der Waals surface area contributed by atoms with Crippen LogP contribution in [0.1, 0.15) is 10.4 Å². The first-order valence-corrected chi connectivity index (χ1v) is 7.70. The molecule has 8 heteroatoms. The fourth-order valence-electron chi connectivity index (χ4n) is 2.84. The van der Waals surface area contributed by atoms with E-state index in [0.29, 0.717) is 35.9 Å². The summed E-state index contributed by atoms with van der Waals surface area (Å²) in [5, 5.41) is 6.25. The molecule has 3 aliphatic rings. The van der Waals surface area contributed by atoms with E-state index in [2.05, 4.69) is 10.2 Å². The minimum Gasteiger partial charge on any atom is -0.486 e. The van der Waals surface area contributed by atoms with Crippen molar-refractivity contribution in [3.05, 3.63) is 52.6 Å². The number of rotatable bonds is 3. The van der Waals surface area contributed by atoms with Gasteiger partial charge in [0.2, 0.25) is 0 Å². The molecule has 0 saturated carbocycles. The van der Waals surface area contributed by atoms with Crippen LogP contribution in [0.3, 0.4) is 0 Å². The number of benzene rings is 1. The molecule has 0 saturated heterocycles. The molecule has 0 radical (unpaired) electrons. The summed E-state index contributed by atoms with van der Waals surface area (Å²) in [7, 11) is 1.28. The van der Waals surface area contributed by atoms with Crippen molar-refractivity contribution >= 4 is 5.97 Å². The average Bonchev–Trinajstić information content (AvgIpc) is 3.01. The number of methoxy groups -OCH3 is 1. The molecule has 25 heavy (non-hydrogen) atoms. The summed E-state index contributed by atoms with van der Waals surface area (Å²) >= 11 is 0. The number of carbonyl (C=O) groups is 1. The third-order valence-corrected chi connectivity index (χ3v) is 4.00. The molecule has 1 aromatic rings. The highest BCUT2D eigenvalue weighted by Gasteiger charge is 2.25. The Balaban J connectivity index is 1.66. The normalized spacial score (nSPS) is 16.0. The number of esters is 1. The highest BCUT2D eigenvalue weighted by molar-refractivity contribution is 5.95. The predicted octanol–water partition coefficient (Wildman–Crippen LogP) is 1.30. The van der Waals surface area contributed by atoms with E-state index in [9.17, 15) is 9.59 Å². The van der Waals surface area contributed by atoms with Crippen LogP contribution in [0.4, 0.5) is 0 Å². The zero-order valence-corrected chi connectivity index (χ0v) is 13.4. The third-order valence-electron chi connectivity index (χ3n) is 4.00. The van der Waals surface area contributed by atoms with Gasteiger partial charge in [0.1, 0.15) is 17.9 Å². The number of nitrogens with one attached hydrogen (secondary N) is 1. The lowest BCUT2D eigenvalue weighted by molar-refractivity contribution is 0.0597. The predicted molar refractivity (Wildman–Crippen MR) is 87.2 cm³/mol. The zero-order chi connectivity index (χ0) is 17.4. The van der Waals surface area contributed by atoms with Crippen molar-refractivity contribution < 1.29 is 19.0 Å². The number of nitrogens with zero attached hydrogens (tertiary/aromatic N) is 2. The monoisotopic (exact) mass is 341 g/mol. The number of carbonyl (C=O) groups excluding carboxylic acids is 1. The molecule has 0 spiro atoms. The van der Waals surface area contributed by atoms with Crippen LogP contribution in [0, 0.1) is 0 Å². The number of hydrogen-bond acceptors (Lipinski definition) is 6. The molecule has 4 rings (SSSR count). The summed E-state index contributed by atoms with van der Waals surface area (Å²) in [5.74, 6) is 0.810. The second-order valence-electron chi connectivity index (χ2n) is 5.67. The van der Waals surface area contributed by atoms with Crippen molar-refractivity contribution in [1.29, 1.82) is 0 Å². The maximum Gasteiger partial charge on any atom is 0.341 e. The molecular weight excluding hydrogens is 326 g/mol. The lowest BCUT2D eigenvalue weighted by Crippen LogP contribution is -2.33. The lowest BCUT2D eigenvalue weighted by Gasteiger charge is -2.27. The van der Waals surface area contributed by atoms with Crippen molar-refractivity contribution in [3.8, 4) is 22.8 Å². The zero-order valence-electron chi connectivity index (χ0n) is 13.4. The highest BCUT2D eigenvalue weighted by atomic mass is 16.6. The standard InChI is InChI=1S/C17H15N3O5/c1-23-17(22)12-8-20(7-11-15(12)18-19-16(11)21)6-10-9-24-13-4-2-3-5-14(13)25-10/h2-5,7-8,10H,6,9H2,1H3,(H,19,21)/t10-/m1/s1. The van der Waals surface area contributed by atoms with Gasteiger partial charge in [0, 0.05) is 12.4 Å². The molecule has 0 aliphatic carbocycles. The van der Waals surface area contributed by atoms with Crippen LogP contribution in [0.5, 0.6) is 11.5 Å². The van der Waals surface area contributed by atoms with E-state index in [4.69, 9.17) is 14.2 Å². The largest absolute Gasteiger partial charge is 0.486 e. The minimum atomic E-state index is -0.558. The van der Waals surface area contributed by atoms with Gasteiger partial charge < -0.3 is 18.8 Å². The Morgan fingerprint density at radius 3 is 2.96 bits per heavy atom. The third kappa shape index (κ3) is 2.71. The Kier molecular flexibility index (Phi) is 3.64. The van der Waals surface area contributed by atoms with Crippen LogP contribution < -0.4 is 15.0 Å². The minimum absolute atomic E-state index is 0.218. The average molecular weight is 341 g/mol. The fourth-order valence-corrected chi connectivity index (χ4v) is 2.84. The van der Waals surface area contributed by atoms with Gasteiger partial charge in [-0.05, 0) is 12.1 Å². The second kappa shape index (κ2) is 5.97. The molecule has 0 fully saturated rings. The van der Waals surface area contributed by atoms with Gasteiger partial charge in [-0.2, -0.15) is 5.10 Å². The first-order valence-electron chi connectivity index (χ1n) is 7.70. The van der Waals surface area contributed by atoms with Crippen molar-refractivity contribution in [2.45, 2.75) is 12.6 Å². The second-order valence-corrected chi connectivity index (χ2v) is 5.67. The Morgan fingerprint density at radius 2 is 2.16 bits per heavy atom. The molecule has 0 unspecified atom stereocenters. The smallest absolute Gasteiger partial charge is 0.341 e. The van der Waals surface area contributed by atoms with E-state index in [1.165, 1.54) is 7.11 Å². The van der Waals surface area contributed by atoms with Crippen molar-refractivity contribution in [1.82, 2.24) is 14.8 Å². The van der Waals surface area contributed by atoms with Crippen LogP contribution in [0.15, 0.2) is 41.5 Å². The summed E-state index contributed by atoms with van der Waals surface area (Å²) in [6, 6.07) is 7.42. The number of hydrogen-bond donors (Lipinski definition) is 1. The van der Waals surface area contributed by atoms with Gasteiger partial charge in [0.05, 0.1) is 19.2 Å². The van der Waals surface area contributed by atoms with Gasteiger partial charge in [-0.25, -0.2) is 9.89 Å². The molecule has 1 atom stereocenters. The van der Waals surface area contributed by atoms with Gasteiger partial charge in [-0.15, -0.1) is 0 Å². The van der Waals surface area contributed by atoms with Gasteiger partial charge in [-0.1, -0.05) is 12.1 Å². The molecule has 8 nitrogen and oxygen atoms in total. The number of ether oxygens (including phenoxy) is 3. The van der Waals surface area contributed by atoms with Gasteiger partial charge in [0.25, 0.3) is 5.56 Å². The van der Waals surface area contributed by atoms with E-state index < -0.39 is 5.97 Å². The number of pyridine rings is 1. The highest BCUT2D eigenvalue weighted by Crippen LogP contribution is 2.31. The molecular formula is C17H15N3O5. The van der Waals surface area contributed by atoms with Crippen LogP contribution in [0.2, 0.25) is 0 Å². The van der Waals surface area contributed by atoms with Gasteiger partial charge in [-0.3, -0.25) is 4.79 Å². The summed E-state index contributed by atoms with van der Waals surface area (Å²) in [6.07, 6.45) is 2.97. The van der Waals surface area contributed by atoms with Gasteiger partial charge >= 0.3 is 5.97 Å². The first-order chi connectivity index (χ1) is 12.2. The quantitative estimate of drug-likeness (QED) is 0.722. The van der Waals surface area contributed by atoms with Crippen molar-refractivity contribution in [3.63, 3.8) is 0 Å². The van der Waals surface area contributed by atoms with E-state index >= 15 is 0 Å². The Bertz CT molecular complexity index is 961. The van der Waals surface area contributed by atoms with Crippen molar-refractivity contribution in [2.75, 3.05) is 13.7 Å². The van der Waals surface area contributed by atoms with E-state index in [1.807, 2.05) is 24.3 Å². The molecule has 3 heterocycles.